The van der Waals surface area contributed by atoms with Crippen LogP contribution in [0.2, 0.25) is 0 Å². The second-order valence-electron chi connectivity index (χ2n) is 11.5. The molecule has 0 N–H and O–H groups in total. The molecule has 0 amide bonds. The maximum Gasteiger partial charge on any atom is 0.320 e. The Balaban J connectivity index is 1.58. The zero-order valence-electron chi connectivity index (χ0n) is 25.5. The molecule has 4 aromatic rings. The van der Waals surface area contributed by atoms with Crippen LogP contribution in [0.25, 0.3) is 38.6 Å². The van der Waals surface area contributed by atoms with E-state index in [-0.39, 0.29) is 5.97 Å². The van der Waals surface area contributed by atoms with Crippen molar-refractivity contribution in [3.8, 4) is 33.8 Å². The average Bonchev–Trinajstić information content (AvgIpc) is 3.36. The molecule has 0 spiro atoms. The molecular weight excluding hydrogens is 552 g/mol. The van der Waals surface area contributed by atoms with Crippen LogP contribution in [-0.2, 0) is 24.4 Å². The van der Waals surface area contributed by atoms with Crippen LogP contribution in [-0.4, -0.2) is 46.8 Å². The van der Waals surface area contributed by atoms with Gasteiger partial charge >= 0.3 is 5.97 Å². The number of hydrogen-bond acceptors (Lipinski definition) is 6. The summed E-state index contributed by atoms with van der Waals surface area (Å²) in [6.45, 7) is 2.36. The summed E-state index contributed by atoms with van der Waals surface area (Å²) in [4.78, 5) is 14.2. The molecular formula is C38H34O6. The zero-order chi connectivity index (χ0) is 30.6. The summed E-state index contributed by atoms with van der Waals surface area (Å²) in [6.07, 6.45) is 8.57. The topological polar surface area (TPSA) is 63.2 Å². The fourth-order valence-electron chi connectivity index (χ4n) is 7.13. The van der Waals surface area contributed by atoms with Gasteiger partial charge in [0.1, 0.15) is 23.5 Å². The monoisotopic (exact) mass is 586 g/mol. The average molecular weight is 587 g/mol. The number of hydrogen-bond donors (Lipinski definition) is 0. The number of rotatable bonds is 6. The molecule has 0 saturated heterocycles. The molecule has 0 aromatic heterocycles. The Labute approximate surface area is 257 Å². The van der Waals surface area contributed by atoms with Crippen LogP contribution in [0.15, 0.2) is 96.6 Å². The van der Waals surface area contributed by atoms with E-state index in [1.54, 1.807) is 21.3 Å². The lowest BCUT2D eigenvalue weighted by atomic mass is 9.73. The lowest BCUT2D eigenvalue weighted by molar-refractivity contribution is -0.168. The van der Waals surface area contributed by atoms with E-state index in [0.29, 0.717) is 13.0 Å². The first-order chi connectivity index (χ1) is 21.4. The SMILES string of the molecule is COC(=O)C1(C)c2cc(-c3ccccc3)ccc2-c2c1c1c(c3ccc(OC)cc23)OCC=C1C1=CC=CC(OC)(OC)C1. The molecule has 4 aromatic carbocycles. The van der Waals surface area contributed by atoms with Gasteiger partial charge in [0, 0.05) is 31.6 Å². The zero-order valence-corrected chi connectivity index (χ0v) is 25.5. The predicted octanol–water partition coefficient (Wildman–Crippen LogP) is 7.63. The van der Waals surface area contributed by atoms with Gasteiger partial charge in [-0.05, 0) is 93.3 Å². The van der Waals surface area contributed by atoms with E-state index in [4.69, 9.17) is 23.7 Å². The number of ether oxygens (including phenoxy) is 5. The van der Waals surface area contributed by atoms with Crippen LogP contribution in [0.4, 0.5) is 0 Å². The Kier molecular flexibility index (Phi) is 6.72. The van der Waals surface area contributed by atoms with Crippen molar-refractivity contribution in [1.82, 2.24) is 0 Å². The second-order valence-corrected chi connectivity index (χ2v) is 11.5. The first-order valence-electron chi connectivity index (χ1n) is 14.7. The minimum Gasteiger partial charge on any atom is -0.497 e. The lowest BCUT2D eigenvalue weighted by Gasteiger charge is -2.35. The van der Waals surface area contributed by atoms with Gasteiger partial charge in [-0.3, -0.25) is 4.79 Å². The van der Waals surface area contributed by atoms with Gasteiger partial charge in [0.25, 0.3) is 0 Å². The van der Waals surface area contributed by atoms with Crippen molar-refractivity contribution < 1.29 is 28.5 Å². The number of allylic oxidation sites excluding steroid dienone is 3. The summed E-state index contributed by atoms with van der Waals surface area (Å²) in [5.41, 5.74) is 7.61. The highest BCUT2D eigenvalue weighted by Crippen LogP contribution is 2.59. The molecule has 2 aliphatic carbocycles. The van der Waals surface area contributed by atoms with E-state index in [2.05, 4.69) is 42.5 Å². The number of carbonyl (C=O) groups excluding carboxylic acids is 1. The minimum atomic E-state index is -1.13. The number of benzene rings is 4. The van der Waals surface area contributed by atoms with Gasteiger partial charge in [0.2, 0.25) is 0 Å². The van der Waals surface area contributed by atoms with E-state index in [1.807, 2.05) is 55.5 Å². The van der Waals surface area contributed by atoms with Gasteiger partial charge in [-0.15, -0.1) is 0 Å². The van der Waals surface area contributed by atoms with Crippen LogP contribution in [0.1, 0.15) is 30.0 Å². The number of esters is 1. The standard InChI is InChI=1S/C38H34O6/c1-37(36(39)41-3)31-20-24(23-10-7-6-8-11-23)13-15-29(31)32-30-21-26(40-2)14-16-28(30)35-33(34(32)37)27(17-19-44-35)25-12-9-18-38(22-25,42-4)43-5/h6-18,20-21H,19,22H2,1-5H3. The van der Waals surface area contributed by atoms with Crippen LogP contribution in [0.5, 0.6) is 11.5 Å². The van der Waals surface area contributed by atoms with Gasteiger partial charge < -0.3 is 23.7 Å². The van der Waals surface area contributed by atoms with E-state index < -0.39 is 11.2 Å². The van der Waals surface area contributed by atoms with E-state index >= 15 is 0 Å². The Morgan fingerprint density at radius 2 is 1.66 bits per heavy atom. The molecule has 6 nitrogen and oxygen atoms in total. The van der Waals surface area contributed by atoms with Crippen molar-refractivity contribution >= 4 is 22.3 Å². The molecule has 0 fully saturated rings. The highest BCUT2D eigenvalue weighted by Gasteiger charge is 2.51. The maximum atomic E-state index is 14.2. The van der Waals surface area contributed by atoms with E-state index in [0.717, 1.165) is 72.4 Å². The van der Waals surface area contributed by atoms with Crippen LogP contribution in [0.3, 0.4) is 0 Å². The van der Waals surface area contributed by atoms with Crippen molar-refractivity contribution in [2.45, 2.75) is 24.5 Å². The molecule has 0 radical (unpaired) electrons. The quantitative estimate of drug-likeness (QED) is 0.171. The molecule has 44 heavy (non-hydrogen) atoms. The first kappa shape index (κ1) is 28.1. The lowest BCUT2D eigenvalue weighted by Crippen LogP contribution is -2.35. The normalized spacial score (nSPS) is 19.3. The van der Waals surface area contributed by atoms with Crippen molar-refractivity contribution in [2.75, 3.05) is 35.0 Å². The smallest absolute Gasteiger partial charge is 0.320 e. The Morgan fingerprint density at radius 3 is 2.39 bits per heavy atom. The van der Waals surface area contributed by atoms with E-state index in [1.165, 1.54) is 7.11 Å². The van der Waals surface area contributed by atoms with Crippen molar-refractivity contribution in [1.29, 1.82) is 0 Å². The molecule has 7 rings (SSSR count). The largest absolute Gasteiger partial charge is 0.497 e. The third-order valence-electron chi connectivity index (χ3n) is 9.40. The molecule has 3 aliphatic rings. The first-order valence-corrected chi connectivity index (χ1v) is 14.7. The van der Waals surface area contributed by atoms with Crippen molar-refractivity contribution in [3.63, 3.8) is 0 Å². The van der Waals surface area contributed by atoms with Crippen molar-refractivity contribution in [2.24, 2.45) is 0 Å². The third kappa shape index (κ3) is 3.98. The molecule has 1 unspecified atom stereocenters. The number of methoxy groups -OCH3 is 4. The third-order valence-corrected chi connectivity index (χ3v) is 9.40. The summed E-state index contributed by atoms with van der Waals surface area (Å²) in [7, 11) is 6.42. The van der Waals surface area contributed by atoms with Crippen LogP contribution in [0, 0.1) is 0 Å². The van der Waals surface area contributed by atoms with Crippen LogP contribution < -0.4 is 9.47 Å². The summed E-state index contributed by atoms with van der Waals surface area (Å²) in [5, 5.41) is 1.91. The number of carbonyl (C=O) groups is 1. The van der Waals surface area contributed by atoms with Gasteiger partial charge in [-0.1, -0.05) is 54.6 Å². The van der Waals surface area contributed by atoms with Gasteiger partial charge in [0.15, 0.2) is 5.79 Å². The highest BCUT2D eigenvalue weighted by atomic mass is 16.7. The fraction of sp³-hybridized carbons (Fsp3) is 0.237. The second kappa shape index (κ2) is 10.5. The summed E-state index contributed by atoms with van der Waals surface area (Å²) in [5.74, 6) is 0.236. The molecule has 0 bridgehead atoms. The van der Waals surface area contributed by atoms with Gasteiger partial charge in [-0.25, -0.2) is 0 Å². The Bertz CT molecular complexity index is 1910. The minimum absolute atomic E-state index is 0.335. The van der Waals surface area contributed by atoms with Gasteiger partial charge in [-0.2, -0.15) is 0 Å². The molecule has 1 heterocycles. The number of fused-ring (bicyclic) bond motifs is 8. The van der Waals surface area contributed by atoms with Crippen molar-refractivity contribution in [3.05, 3.63) is 113 Å². The highest BCUT2D eigenvalue weighted by molar-refractivity contribution is 6.14. The van der Waals surface area contributed by atoms with Gasteiger partial charge in [0.05, 0.1) is 14.2 Å². The molecule has 222 valence electrons. The molecule has 1 aliphatic heterocycles. The van der Waals surface area contributed by atoms with Crippen LogP contribution >= 0.6 is 0 Å². The van der Waals surface area contributed by atoms with E-state index in [9.17, 15) is 4.79 Å². The molecule has 0 saturated carbocycles. The molecule has 1 atom stereocenters. The summed E-state index contributed by atoms with van der Waals surface area (Å²) in [6, 6.07) is 22.6. The molecule has 6 heteroatoms. The maximum absolute atomic E-state index is 14.2. The summed E-state index contributed by atoms with van der Waals surface area (Å²) < 4.78 is 29.4. The Hall–Kier alpha value is -4.65. The summed E-state index contributed by atoms with van der Waals surface area (Å²) >= 11 is 0. The Morgan fingerprint density at radius 1 is 0.864 bits per heavy atom. The fourth-order valence-corrected chi connectivity index (χ4v) is 7.13. The predicted molar refractivity (Wildman–Crippen MR) is 172 cm³/mol.